The molecule has 7 nitrogen and oxygen atoms in total. The molecule has 4 atom stereocenters. The predicted octanol–water partition coefficient (Wildman–Crippen LogP) is 2.92. The minimum Gasteiger partial charge on any atom is -0.508 e. The fourth-order valence-electron chi connectivity index (χ4n) is 5.50. The molecule has 3 heterocycles. The molecular weight excluding hydrogens is 474 g/mol. The molecule has 0 saturated carbocycles. The molecule has 0 bridgehead atoms. The van der Waals surface area contributed by atoms with Gasteiger partial charge in [-0.2, -0.15) is 0 Å². The first-order chi connectivity index (χ1) is 15.0. The van der Waals surface area contributed by atoms with E-state index in [1.54, 1.807) is 30.3 Å². The molecule has 2 fully saturated rings. The van der Waals surface area contributed by atoms with Crippen molar-refractivity contribution in [2.24, 2.45) is 11.8 Å². The molecule has 166 valence electrons. The quantitative estimate of drug-likeness (QED) is 0.554. The van der Waals surface area contributed by atoms with Crippen LogP contribution in [0.2, 0.25) is 0 Å². The number of phenols is 1. The van der Waals surface area contributed by atoms with Gasteiger partial charge in [-0.05, 0) is 63.1 Å². The normalized spacial score (nSPS) is 28.9. The SMILES string of the molecule is CC(C)(C)N1C(=O)[C@@H]2[C@H](Cc3ccc(O)cc3)N[C@@]3(C(=O)Nc4ccc(Br)cc43)[C@@H]2C1=O. The van der Waals surface area contributed by atoms with Crippen LogP contribution >= 0.6 is 15.9 Å². The average Bonchev–Trinajstić information content (AvgIpc) is 3.28. The first-order valence-electron chi connectivity index (χ1n) is 10.6. The number of carbonyl (C=O) groups is 3. The third-order valence-electron chi connectivity index (χ3n) is 6.74. The lowest BCUT2D eigenvalue weighted by molar-refractivity contribution is -0.147. The van der Waals surface area contributed by atoms with Crippen molar-refractivity contribution in [3.8, 4) is 5.75 Å². The first-order valence-corrected chi connectivity index (χ1v) is 11.4. The number of likely N-dealkylation sites (tertiary alicyclic amines) is 1. The number of amides is 3. The maximum atomic E-state index is 13.7. The summed E-state index contributed by atoms with van der Waals surface area (Å²) in [6.07, 6.45) is 0.441. The summed E-state index contributed by atoms with van der Waals surface area (Å²) in [6.45, 7) is 5.49. The number of hydrogen-bond donors (Lipinski definition) is 3. The number of carbonyl (C=O) groups excluding carboxylic acids is 3. The summed E-state index contributed by atoms with van der Waals surface area (Å²) in [5.41, 5.74) is 0.204. The second-order valence-corrected chi connectivity index (χ2v) is 10.7. The standard InChI is InChI=1S/C24H24BrN3O4/c1-23(2,3)28-20(30)18-17(10-12-4-7-14(29)8-5-12)27-24(19(18)21(28)31)15-11-13(25)6-9-16(15)26-22(24)32/h4-9,11,17-19,27,29H,10H2,1-3H3,(H,26,32)/t17-,18+,19-,24+/m0/s1. The number of phenolic OH excluding ortho intramolecular Hbond substituents is 1. The lowest BCUT2D eigenvalue weighted by Crippen LogP contribution is -2.56. The van der Waals surface area contributed by atoms with E-state index in [0.29, 0.717) is 17.7 Å². The van der Waals surface area contributed by atoms with E-state index in [-0.39, 0.29) is 23.5 Å². The van der Waals surface area contributed by atoms with Crippen LogP contribution in [0, 0.1) is 11.8 Å². The van der Waals surface area contributed by atoms with E-state index < -0.39 is 29.0 Å². The van der Waals surface area contributed by atoms with Gasteiger partial charge in [-0.15, -0.1) is 0 Å². The molecule has 3 amide bonds. The summed E-state index contributed by atoms with van der Waals surface area (Å²) in [7, 11) is 0. The van der Waals surface area contributed by atoms with Gasteiger partial charge in [-0.1, -0.05) is 28.1 Å². The second kappa shape index (κ2) is 6.89. The number of nitrogens with zero attached hydrogens (tertiary/aromatic N) is 1. The number of imide groups is 1. The second-order valence-electron chi connectivity index (χ2n) is 9.76. The molecule has 8 heteroatoms. The van der Waals surface area contributed by atoms with Crippen molar-refractivity contribution in [3.63, 3.8) is 0 Å². The lowest BCUT2D eigenvalue weighted by atomic mass is 9.76. The number of hydrogen-bond acceptors (Lipinski definition) is 5. The molecule has 32 heavy (non-hydrogen) atoms. The minimum atomic E-state index is -1.32. The van der Waals surface area contributed by atoms with Crippen molar-refractivity contribution in [1.82, 2.24) is 10.2 Å². The summed E-state index contributed by atoms with van der Waals surface area (Å²) >= 11 is 3.48. The van der Waals surface area contributed by atoms with Crippen LogP contribution in [0.25, 0.3) is 0 Å². The summed E-state index contributed by atoms with van der Waals surface area (Å²) in [5.74, 6) is -2.25. The molecule has 0 aromatic heterocycles. The molecule has 0 radical (unpaired) electrons. The van der Waals surface area contributed by atoms with E-state index in [2.05, 4.69) is 26.6 Å². The molecule has 3 aliphatic rings. The van der Waals surface area contributed by atoms with Gasteiger partial charge in [0.1, 0.15) is 11.3 Å². The number of halogens is 1. The molecule has 0 aliphatic carbocycles. The van der Waals surface area contributed by atoms with Crippen LogP contribution in [0.15, 0.2) is 46.9 Å². The number of benzene rings is 2. The van der Waals surface area contributed by atoms with Gasteiger partial charge >= 0.3 is 0 Å². The molecule has 5 rings (SSSR count). The maximum Gasteiger partial charge on any atom is 0.250 e. The Labute approximate surface area is 194 Å². The highest BCUT2D eigenvalue weighted by Gasteiger charge is 2.71. The van der Waals surface area contributed by atoms with Crippen LogP contribution in [0.3, 0.4) is 0 Å². The van der Waals surface area contributed by atoms with Gasteiger partial charge in [-0.25, -0.2) is 0 Å². The number of rotatable bonds is 2. The van der Waals surface area contributed by atoms with Gasteiger partial charge in [-0.3, -0.25) is 24.6 Å². The van der Waals surface area contributed by atoms with E-state index in [9.17, 15) is 19.5 Å². The molecule has 3 aliphatic heterocycles. The van der Waals surface area contributed by atoms with Crippen molar-refractivity contribution in [1.29, 1.82) is 0 Å². The molecule has 2 aromatic carbocycles. The summed E-state index contributed by atoms with van der Waals surface area (Å²) < 4.78 is 0.789. The van der Waals surface area contributed by atoms with Crippen LogP contribution in [0.1, 0.15) is 31.9 Å². The third-order valence-corrected chi connectivity index (χ3v) is 7.23. The third kappa shape index (κ3) is 2.85. The van der Waals surface area contributed by atoms with Crippen molar-refractivity contribution >= 4 is 39.3 Å². The van der Waals surface area contributed by atoms with Crippen LogP contribution in [-0.2, 0) is 26.3 Å². The maximum absolute atomic E-state index is 13.7. The fraction of sp³-hybridized carbons (Fsp3) is 0.375. The Morgan fingerprint density at radius 1 is 1.06 bits per heavy atom. The Hall–Kier alpha value is -2.71. The molecule has 2 aromatic rings. The van der Waals surface area contributed by atoms with Gasteiger partial charge in [0.2, 0.25) is 17.7 Å². The Bertz CT molecular complexity index is 1160. The van der Waals surface area contributed by atoms with Crippen LogP contribution in [0.5, 0.6) is 5.75 Å². The van der Waals surface area contributed by atoms with Gasteiger partial charge in [0.15, 0.2) is 0 Å². The topological polar surface area (TPSA) is 98.7 Å². The number of anilines is 1. The summed E-state index contributed by atoms with van der Waals surface area (Å²) in [6, 6.07) is 11.8. The number of nitrogens with one attached hydrogen (secondary N) is 2. The van der Waals surface area contributed by atoms with E-state index in [0.717, 1.165) is 10.0 Å². The highest BCUT2D eigenvalue weighted by molar-refractivity contribution is 9.10. The monoisotopic (exact) mass is 497 g/mol. The molecule has 0 unspecified atom stereocenters. The van der Waals surface area contributed by atoms with Crippen molar-refractivity contribution in [3.05, 3.63) is 58.1 Å². The van der Waals surface area contributed by atoms with E-state index in [4.69, 9.17) is 0 Å². The zero-order valence-electron chi connectivity index (χ0n) is 18.0. The largest absolute Gasteiger partial charge is 0.508 e. The van der Waals surface area contributed by atoms with Crippen molar-refractivity contribution in [2.75, 3.05) is 5.32 Å². The zero-order chi connectivity index (χ0) is 23.0. The number of fused-ring (bicyclic) bond motifs is 4. The van der Waals surface area contributed by atoms with Crippen LogP contribution in [-0.4, -0.2) is 39.3 Å². The predicted molar refractivity (Wildman–Crippen MR) is 122 cm³/mol. The Kier molecular flexibility index (Phi) is 4.56. The van der Waals surface area contributed by atoms with Crippen LogP contribution < -0.4 is 10.6 Å². The van der Waals surface area contributed by atoms with Gasteiger partial charge in [0, 0.05) is 27.3 Å². The van der Waals surface area contributed by atoms with Gasteiger partial charge < -0.3 is 10.4 Å². The van der Waals surface area contributed by atoms with Crippen LogP contribution in [0.4, 0.5) is 5.69 Å². The first kappa shape index (κ1) is 21.2. The van der Waals surface area contributed by atoms with Gasteiger partial charge in [0.05, 0.1) is 11.8 Å². The zero-order valence-corrected chi connectivity index (χ0v) is 19.6. The molecular formula is C24H24BrN3O4. The van der Waals surface area contributed by atoms with E-state index >= 15 is 0 Å². The summed E-state index contributed by atoms with van der Waals surface area (Å²) in [5, 5.41) is 16.0. The Balaban J connectivity index is 1.66. The highest BCUT2D eigenvalue weighted by Crippen LogP contribution is 2.54. The van der Waals surface area contributed by atoms with Gasteiger partial charge in [0.25, 0.3) is 0 Å². The Morgan fingerprint density at radius 2 is 1.75 bits per heavy atom. The fourth-order valence-corrected chi connectivity index (χ4v) is 5.86. The van der Waals surface area contributed by atoms with Crippen molar-refractivity contribution < 1.29 is 19.5 Å². The number of aromatic hydroxyl groups is 1. The van der Waals surface area contributed by atoms with E-state index in [1.807, 2.05) is 32.9 Å². The highest BCUT2D eigenvalue weighted by atomic mass is 79.9. The average molecular weight is 498 g/mol. The van der Waals surface area contributed by atoms with Crippen molar-refractivity contribution in [2.45, 2.75) is 44.3 Å². The lowest BCUT2D eigenvalue weighted by Gasteiger charge is -2.34. The molecule has 2 saturated heterocycles. The minimum absolute atomic E-state index is 0.155. The summed E-state index contributed by atoms with van der Waals surface area (Å²) in [4.78, 5) is 42.1. The molecule has 1 spiro atoms. The Morgan fingerprint density at radius 3 is 2.41 bits per heavy atom. The smallest absolute Gasteiger partial charge is 0.250 e. The molecule has 3 N–H and O–H groups in total. The van der Waals surface area contributed by atoms with E-state index in [1.165, 1.54) is 4.90 Å².